The van der Waals surface area contributed by atoms with Crippen molar-refractivity contribution >= 4 is 11.9 Å². The number of pyridine rings is 1. The number of carbonyl (C=O) groups excluding carboxylic acids is 1. The fourth-order valence-electron chi connectivity index (χ4n) is 2.91. The molecule has 1 aliphatic carbocycles. The van der Waals surface area contributed by atoms with Crippen LogP contribution >= 0.6 is 0 Å². The summed E-state index contributed by atoms with van der Waals surface area (Å²) in [6, 6.07) is 5.78. The van der Waals surface area contributed by atoms with Crippen LogP contribution in [0, 0.1) is 18.8 Å². The van der Waals surface area contributed by atoms with Crippen LogP contribution in [0.25, 0.3) is 0 Å². The molecule has 114 valence electrons. The van der Waals surface area contributed by atoms with Gasteiger partial charge in [-0.2, -0.15) is 0 Å². The average molecular weight is 290 g/mol. The lowest BCUT2D eigenvalue weighted by Gasteiger charge is -2.28. The Hall–Kier alpha value is -1.91. The number of aliphatic carboxylic acids is 1. The second kappa shape index (κ2) is 6.70. The summed E-state index contributed by atoms with van der Waals surface area (Å²) in [7, 11) is 1.79. The third-order valence-corrected chi connectivity index (χ3v) is 4.15. The Balaban J connectivity index is 1.90. The Kier molecular flexibility index (Phi) is 4.94. The zero-order valence-electron chi connectivity index (χ0n) is 12.6. The summed E-state index contributed by atoms with van der Waals surface area (Å²) >= 11 is 0. The van der Waals surface area contributed by atoms with Crippen molar-refractivity contribution in [2.75, 3.05) is 7.05 Å². The van der Waals surface area contributed by atoms with E-state index in [1.54, 1.807) is 11.9 Å². The third-order valence-electron chi connectivity index (χ3n) is 4.15. The predicted octanol–water partition coefficient (Wildman–Crippen LogP) is 2.24. The minimum Gasteiger partial charge on any atom is -0.481 e. The van der Waals surface area contributed by atoms with Gasteiger partial charge in [-0.3, -0.25) is 14.6 Å². The van der Waals surface area contributed by atoms with Gasteiger partial charge in [-0.15, -0.1) is 0 Å². The van der Waals surface area contributed by atoms with Crippen LogP contribution in [0.2, 0.25) is 0 Å². The number of carboxylic acids is 1. The fourth-order valence-corrected chi connectivity index (χ4v) is 2.91. The molecule has 0 bridgehead atoms. The van der Waals surface area contributed by atoms with E-state index in [1.807, 2.05) is 25.1 Å². The van der Waals surface area contributed by atoms with Crippen LogP contribution < -0.4 is 0 Å². The molecular formula is C16H22N2O3. The van der Waals surface area contributed by atoms with E-state index in [0.29, 0.717) is 32.2 Å². The molecule has 1 N–H and O–H groups in total. The lowest BCUT2D eigenvalue weighted by Crippen LogP contribution is -2.35. The maximum Gasteiger partial charge on any atom is 0.306 e. The normalized spacial score (nSPS) is 21.8. The van der Waals surface area contributed by atoms with Crippen molar-refractivity contribution in [2.45, 2.75) is 39.2 Å². The summed E-state index contributed by atoms with van der Waals surface area (Å²) in [5.41, 5.74) is 1.82. The van der Waals surface area contributed by atoms with Crippen molar-refractivity contribution in [1.29, 1.82) is 0 Å². The largest absolute Gasteiger partial charge is 0.481 e. The fraction of sp³-hybridized carbons (Fsp3) is 0.562. The molecule has 1 amide bonds. The molecule has 5 nitrogen and oxygen atoms in total. The maximum absolute atomic E-state index is 12.4. The Morgan fingerprint density at radius 2 is 1.86 bits per heavy atom. The number of amides is 1. The number of rotatable bonds is 4. The van der Waals surface area contributed by atoms with Gasteiger partial charge >= 0.3 is 5.97 Å². The van der Waals surface area contributed by atoms with Gasteiger partial charge in [0.2, 0.25) is 5.91 Å². The van der Waals surface area contributed by atoms with Crippen LogP contribution in [0.5, 0.6) is 0 Å². The minimum atomic E-state index is -0.738. The quantitative estimate of drug-likeness (QED) is 0.923. The molecule has 0 unspecified atom stereocenters. The summed E-state index contributed by atoms with van der Waals surface area (Å²) in [6.45, 7) is 2.43. The second-order valence-electron chi connectivity index (χ2n) is 5.85. The van der Waals surface area contributed by atoms with Gasteiger partial charge in [-0.05, 0) is 44.7 Å². The number of carbonyl (C=O) groups is 2. The highest BCUT2D eigenvalue weighted by Crippen LogP contribution is 2.30. The monoisotopic (exact) mass is 290 g/mol. The first kappa shape index (κ1) is 15.5. The molecule has 5 heteroatoms. The Morgan fingerprint density at radius 1 is 1.24 bits per heavy atom. The molecule has 1 heterocycles. The maximum atomic E-state index is 12.4. The van der Waals surface area contributed by atoms with Crippen molar-refractivity contribution < 1.29 is 14.7 Å². The molecule has 1 aromatic rings. The molecule has 0 aliphatic heterocycles. The molecule has 0 saturated heterocycles. The first-order chi connectivity index (χ1) is 9.97. The van der Waals surface area contributed by atoms with Crippen molar-refractivity contribution in [2.24, 2.45) is 11.8 Å². The topological polar surface area (TPSA) is 70.5 Å². The van der Waals surface area contributed by atoms with Gasteiger partial charge in [0.05, 0.1) is 18.2 Å². The molecule has 1 saturated carbocycles. The van der Waals surface area contributed by atoms with Gasteiger partial charge in [-0.1, -0.05) is 6.07 Å². The Labute approximate surface area is 125 Å². The summed E-state index contributed by atoms with van der Waals surface area (Å²) in [5, 5.41) is 8.99. The smallest absolute Gasteiger partial charge is 0.306 e. The Bertz CT molecular complexity index is 522. The highest BCUT2D eigenvalue weighted by atomic mass is 16.4. The summed E-state index contributed by atoms with van der Waals surface area (Å²) in [6.07, 6.45) is 2.54. The predicted molar refractivity (Wildman–Crippen MR) is 78.5 cm³/mol. The zero-order valence-corrected chi connectivity index (χ0v) is 12.6. The summed E-state index contributed by atoms with van der Waals surface area (Å²) in [4.78, 5) is 29.5. The van der Waals surface area contributed by atoms with Crippen LogP contribution in [-0.4, -0.2) is 33.9 Å². The molecule has 0 aromatic carbocycles. The molecule has 1 fully saturated rings. The molecule has 0 radical (unpaired) electrons. The average Bonchev–Trinajstić information content (AvgIpc) is 2.46. The molecule has 0 atom stereocenters. The van der Waals surface area contributed by atoms with Crippen LogP contribution in [0.1, 0.15) is 37.1 Å². The van der Waals surface area contributed by atoms with Crippen LogP contribution in [0.4, 0.5) is 0 Å². The number of carboxylic acid groups (broad SMARTS) is 1. The molecule has 2 rings (SSSR count). The van der Waals surface area contributed by atoms with Crippen LogP contribution in [-0.2, 0) is 16.1 Å². The van der Waals surface area contributed by atoms with Gasteiger partial charge in [0.25, 0.3) is 0 Å². The van der Waals surface area contributed by atoms with Crippen molar-refractivity contribution in [3.63, 3.8) is 0 Å². The van der Waals surface area contributed by atoms with E-state index in [0.717, 1.165) is 11.4 Å². The number of nitrogens with zero attached hydrogens (tertiary/aromatic N) is 2. The summed E-state index contributed by atoms with van der Waals surface area (Å²) < 4.78 is 0. The molecule has 0 spiro atoms. The first-order valence-corrected chi connectivity index (χ1v) is 7.37. The summed E-state index contributed by atoms with van der Waals surface area (Å²) in [5.74, 6) is -0.964. The van der Waals surface area contributed by atoms with E-state index in [2.05, 4.69) is 4.98 Å². The standard InChI is InChI=1S/C16H22N2O3/c1-11-4-3-5-14(17-11)10-18(2)15(19)12-6-8-13(9-7-12)16(20)21/h3-5,12-13H,6-10H2,1-2H3,(H,20,21). The molecule has 1 aromatic heterocycles. The number of hydrogen-bond acceptors (Lipinski definition) is 3. The van der Waals surface area contributed by atoms with Gasteiger partial charge in [0, 0.05) is 18.7 Å². The van der Waals surface area contributed by atoms with E-state index < -0.39 is 5.97 Å². The highest BCUT2D eigenvalue weighted by Gasteiger charge is 2.31. The number of hydrogen-bond donors (Lipinski definition) is 1. The third kappa shape index (κ3) is 4.03. The lowest BCUT2D eigenvalue weighted by molar-refractivity contribution is -0.145. The van der Waals surface area contributed by atoms with E-state index in [-0.39, 0.29) is 17.7 Å². The minimum absolute atomic E-state index is 0.0459. The molecule has 21 heavy (non-hydrogen) atoms. The van der Waals surface area contributed by atoms with Gasteiger partial charge < -0.3 is 10.0 Å². The van der Waals surface area contributed by atoms with Crippen molar-refractivity contribution in [3.05, 3.63) is 29.6 Å². The SMILES string of the molecule is Cc1cccc(CN(C)C(=O)C2CCC(C(=O)O)CC2)n1. The highest BCUT2D eigenvalue weighted by molar-refractivity contribution is 5.79. The number of aryl methyl sites for hydroxylation is 1. The van der Waals surface area contributed by atoms with Crippen LogP contribution in [0.15, 0.2) is 18.2 Å². The zero-order chi connectivity index (χ0) is 15.4. The van der Waals surface area contributed by atoms with Crippen LogP contribution in [0.3, 0.4) is 0 Å². The van der Waals surface area contributed by atoms with Gasteiger partial charge in [0.1, 0.15) is 0 Å². The van der Waals surface area contributed by atoms with E-state index in [1.165, 1.54) is 0 Å². The van der Waals surface area contributed by atoms with Crippen molar-refractivity contribution in [1.82, 2.24) is 9.88 Å². The first-order valence-electron chi connectivity index (χ1n) is 7.37. The molecular weight excluding hydrogens is 268 g/mol. The van der Waals surface area contributed by atoms with Gasteiger partial charge in [-0.25, -0.2) is 0 Å². The second-order valence-corrected chi connectivity index (χ2v) is 5.85. The Morgan fingerprint density at radius 3 is 2.43 bits per heavy atom. The number of aromatic nitrogens is 1. The lowest BCUT2D eigenvalue weighted by atomic mass is 9.81. The van der Waals surface area contributed by atoms with E-state index in [4.69, 9.17) is 5.11 Å². The van der Waals surface area contributed by atoms with Crippen molar-refractivity contribution in [3.8, 4) is 0 Å². The van der Waals surface area contributed by atoms with E-state index >= 15 is 0 Å². The van der Waals surface area contributed by atoms with E-state index in [9.17, 15) is 9.59 Å². The van der Waals surface area contributed by atoms with Gasteiger partial charge in [0.15, 0.2) is 0 Å². The molecule has 1 aliphatic rings.